The first kappa shape index (κ1) is 17.7. The smallest absolute Gasteiger partial charge is 0.336 e. The number of fused-ring (bicyclic) bond motifs is 1. The summed E-state index contributed by atoms with van der Waals surface area (Å²) in [6.45, 7) is 4.89. The summed E-state index contributed by atoms with van der Waals surface area (Å²) in [5.74, 6) is 1.61. The van der Waals surface area contributed by atoms with Gasteiger partial charge in [0.05, 0.1) is 5.39 Å². The summed E-state index contributed by atoms with van der Waals surface area (Å²) in [6, 6.07) is 5.33. The van der Waals surface area contributed by atoms with Crippen LogP contribution in [0.3, 0.4) is 0 Å². The summed E-state index contributed by atoms with van der Waals surface area (Å²) in [7, 11) is 0. The molecular weight excluding hydrogens is 348 g/mol. The Morgan fingerprint density at radius 3 is 2.96 bits per heavy atom. The number of nitrogens with zero attached hydrogens (tertiary/aromatic N) is 2. The lowest BCUT2D eigenvalue weighted by atomic mass is 10.0. The Balaban J connectivity index is 1.62. The first-order valence-corrected chi connectivity index (χ1v) is 9.28. The van der Waals surface area contributed by atoms with Gasteiger partial charge in [-0.1, -0.05) is 18.5 Å². The number of benzene rings is 1. The highest BCUT2D eigenvalue weighted by Gasteiger charge is 2.24. The van der Waals surface area contributed by atoms with Crippen LogP contribution >= 0.6 is 0 Å². The SMILES string of the molecule is CCCc1cc(=O)oc2cc(C)cc(OCc3noc(C4CCCO4)n3)c12. The first-order valence-electron chi connectivity index (χ1n) is 9.28. The van der Waals surface area contributed by atoms with Crippen LogP contribution < -0.4 is 10.4 Å². The lowest BCUT2D eigenvalue weighted by molar-refractivity contribution is 0.0835. The average molecular weight is 370 g/mol. The summed E-state index contributed by atoms with van der Waals surface area (Å²) >= 11 is 0. The maximum Gasteiger partial charge on any atom is 0.336 e. The minimum absolute atomic E-state index is 0.114. The van der Waals surface area contributed by atoms with Crippen LogP contribution in [0.2, 0.25) is 0 Å². The van der Waals surface area contributed by atoms with E-state index in [-0.39, 0.29) is 18.3 Å². The molecule has 7 heteroatoms. The second kappa shape index (κ2) is 7.52. The van der Waals surface area contributed by atoms with Crippen molar-refractivity contribution in [1.82, 2.24) is 10.1 Å². The number of rotatable bonds is 6. The molecule has 1 aliphatic heterocycles. The molecule has 1 fully saturated rings. The molecule has 1 unspecified atom stereocenters. The molecule has 3 heterocycles. The number of hydrogen-bond acceptors (Lipinski definition) is 7. The Labute approximate surface area is 156 Å². The molecular formula is C20H22N2O5. The third kappa shape index (κ3) is 3.73. The number of aromatic nitrogens is 2. The monoisotopic (exact) mass is 370 g/mol. The number of hydrogen-bond donors (Lipinski definition) is 0. The van der Waals surface area contributed by atoms with Gasteiger partial charge in [-0.3, -0.25) is 0 Å². The first-order chi connectivity index (χ1) is 13.1. The standard InChI is InChI=1S/C20H22N2O5/c1-3-5-13-10-18(23)26-16-9-12(2)8-15(19(13)16)25-11-17-21-20(27-22-17)14-6-4-7-24-14/h8-10,14H,3-7,11H2,1-2H3. The van der Waals surface area contributed by atoms with Crippen molar-refractivity contribution in [2.45, 2.75) is 52.2 Å². The molecule has 2 aromatic heterocycles. The molecule has 27 heavy (non-hydrogen) atoms. The van der Waals surface area contributed by atoms with Crippen molar-refractivity contribution in [2.24, 2.45) is 0 Å². The Hall–Kier alpha value is -2.67. The van der Waals surface area contributed by atoms with Gasteiger partial charge >= 0.3 is 5.63 Å². The normalized spacial score (nSPS) is 16.9. The largest absolute Gasteiger partial charge is 0.485 e. The van der Waals surface area contributed by atoms with Gasteiger partial charge in [0.15, 0.2) is 6.61 Å². The molecule has 0 bridgehead atoms. The lowest BCUT2D eigenvalue weighted by Crippen LogP contribution is -2.04. The molecule has 0 N–H and O–H groups in total. The van der Waals surface area contributed by atoms with Gasteiger partial charge in [0.1, 0.15) is 17.4 Å². The van der Waals surface area contributed by atoms with Gasteiger partial charge < -0.3 is 18.4 Å². The summed E-state index contributed by atoms with van der Waals surface area (Å²) in [6.07, 6.45) is 3.47. The van der Waals surface area contributed by atoms with E-state index in [0.29, 0.717) is 23.0 Å². The zero-order valence-corrected chi connectivity index (χ0v) is 15.5. The van der Waals surface area contributed by atoms with E-state index >= 15 is 0 Å². The van der Waals surface area contributed by atoms with Crippen LogP contribution in [0.25, 0.3) is 11.0 Å². The zero-order chi connectivity index (χ0) is 18.8. The van der Waals surface area contributed by atoms with Gasteiger partial charge in [-0.2, -0.15) is 4.98 Å². The van der Waals surface area contributed by atoms with Crippen molar-refractivity contribution in [3.05, 3.63) is 51.5 Å². The predicted molar refractivity (Wildman–Crippen MR) is 97.8 cm³/mol. The van der Waals surface area contributed by atoms with Crippen molar-refractivity contribution in [2.75, 3.05) is 6.61 Å². The molecule has 3 aromatic rings. The molecule has 7 nitrogen and oxygen atoms in total. The molecule has 1 aliphatic rings. The van der Waals surface area contributed by atoms with E-state index in [1.807, 2.05) is 19.1 Å². The average Bonchev–Trinajstić information content (AvgIpc) is 3.30. The Morgan fingerprint density at radius 2 is 2.19 bits per heavy atom. The Morgan fingerprint density at radius 1 is 1.30 bits per heavy atom. The van der Waals surface area contributed by atoms with E-state index in [0.717, 1.165) is 48.8 Å². The highest BCUT2D eigenvalue weighted by Crippen LogP contribution is 2.31. The van der Waals surface area contributed by atoms with Gasteiger partial charge in [0.2, 0.25) is 5.82 Å². The molecule has 0 radical (unpaired) electrons. The summed E-state index contributed by atoms with van der Waals surface area (Å²) < 4.78 is 22.3. The highest BCUT2D eigenvalue weighted by molar-refractivity contribution is 5.87. The van der Waals surface area contributed by atoms with E-state index in [4.69, 9.17) is 18.4 Å². The van der Waals surface area contributed by atoms with Crippen LogP contribution in [0, 0.1) is 6.92 Å². The molecule has 4 rings (SSSR count). The van der Waals surface area contributed by atoms with Crippen LogP contribution in [0.4, 0.5) is 0 Å². The molecule has 0 spiro atoms. The molecule has 0 aliphatic carbocycles. The van der Waals surface area contributed by atoms with Crippen molar-refractivity contribution in [3.63, 3.8) is 0 Å². The maximum atomic E-state index is 11.9. The minimum Gasteiger partial charge on any atom is -0.485 e. The van der Waals surface area contributed by atoms with Crippen LogP contribution in [0.15, 0.2) is 31.9 Å². The van der Waals surface area contributed by atoms with Crippen LogP contribution in [-0.4, -0.2) is 16.7 Å². The molecule has 1 aromatic carbocycles. The molecule has 0 saturated carbocycles. The van der Waals surface area contributed by atoms with Gasteiger partial charge in [-0.25, -0.2) is 4.79 Å². The fourth-order valence-electron chi connectivity index (χ4n) is 3.42. The van der Waals surface area contributed by atoms with Crippen molar-refractivity contribution < 1.29 is 18.4 Å². The predicted octanol–water partition coefficient (Wildman–Crippen LogP) is 3.87. The fraction of sp³-hybridized carbons (Fsp3) is 0.450. The van der Waals surface area contributed by atoms with E-state index in [2.05, 4.69) is 17.1 Å². The van der Waals surface area contributed by atoms with Gasteiger partial charge in [-0.15, -0.1) is 0 Å². The summed E-state index contributed by atoms with van der Waals surface area (Å²) in [5, 5.41) is 4.81. The minimum atomic E-state index is -0.345. The van der Waals surface area contributed by atoms with E-state index < -0.39 is 0 Å². The van der Waals surface area contributed by atoms with E-state index in [1.54, 1.807) is 0 Å². The quantitative estimate of drug-likeness (QED) is 0.609. The summed E-state index contributed by atoms with van der Waals surface area (Å²) in [5.41, 5.74) is 2.06. The van der Waals surface area contributed by atoms with Gasteiger partial charge in [0, 0.05) is 12.7 Å². The molecule has 0 amide bonds. The number of aryl methyl sites for hydroxylation is 2. The van der Waals surface area contributed by atoms with Crippen LogP contribution in [0.1, 0.15) is 55.1 Å². The second-order valence-electron chi connectivity index (χ2n) is 6.82. The molecule has 142 valence electrons. The third-order valence-electron chi connectivity index (χ3n) is 4.60. The molecule has 1 atom stereocenters. The van der Waals surface area contributed by atoms with E-state index in [1.165, 1.54) is 6.07 Å². The van der Waals surface area contributed by atoms with E-state index in [9.17, 15) is 4.79 Å². The topological polar surface area (TPSA) is 87.6 Å². The van der Waals surface area contributed by atoms with Crippen molar-refractivity contribution >= 4 is 11.0 Å². The maximum absolute atomic E-state index is 11.9. The Bertz CT molecular complexity index is 1000. The third-order valence-corrected chi connectivity index (χ3v) is 4.60. The van der Waals surface area contributed by atoms with Gasteiger partial charge in [0.25, 0.3) is 5.89 Å². The fourth-order valence-corrected chi connectivity index (χ4v) is 3.42. The zero-order valence-electron chi connectivity index (χ0n) is 15.5. The lowest BCUT2D eigenvalue weighted by Gasteiger charge is -2.12. The van der Waals surface area contributed by atoms with Crippen molar-refractivity contribution in [3.8, 4) is 5.75 Å². The van der Waals surface area contributed by atoms with Crippen molar-refractivity contribution in [1.29, 1.82) is 0 Å². The highest BCUT2D eigenvalue weighted by atomic mass is 16.5. The Kier molecular flexibility index (Phi) is 4.94. The number of ether oxygens (including phenoxy) is 2. The summed E-state index contributed by atoms with van der Waals surface area (Å²) in [4.78, 5) is 16.2. The second-order valence-corrected chi connectivity index (χ2v) is 6.82. The van der Waals surface area contributed by atoms with Crippen LogP contribution in [-0.2, 0) is 17.8 Å². The van der Waals surface area contributed by atoms with Crippen LogP contribution in [0.5, 0.6) is 5.75 Å². The molecule has 1 saturated heterocycles. The van der Waals surface area contributed by atoms with Gasteiger partial charge in [-0.05, 0) is 49.4 Å².